The normalized spacial score (nSPS) is 25.8. The molecular weight excluding hydrogens is 196 g/mol. The first-order chi connectivity index (χ1) is 7.62. The maximum absolute atomic E-state index is 5.93. The Balaban J connectivity index is 2.10. The smallest absolute Gasteiger partial charge is 0.0346 e. The van der Waals surface area contributed by atoms with Gasteiger partial charge in [0.25, 0.3) is 0 Å². The van der Waals surface area contributed by atoms with Gasteiger partial charge in [0.15, 0.2) is 0 Å². The average Bonchev–Trinajstić information content (AvgIpc) is 3.00. The molecule has 2 aliphatic rings. The lowest BCUT2D eigenvalue weighted by molar-refractivity contribution is 0.363. The highest BCUT2D eigenvalue weighted by atomic mass is 15.0. The van der Waals surface area contributed by atoms with Crippen LogP contribution in [-0.4, -0.2) is 6.54 Å². The topological polar surface area (TPSA) is 38.0 Å². The third-order valence-corrected chi connectivity index (χ3v) is 4.16. The van der Waals surface area contributed by atoms with Crippen molar-refractivity contribution in [2.75, 3.05) is 12.3 Å². The summed E-state index contributed by atoms with van der Waals surface area (Å²) in [5.74, 6) is 0.637. The van der Waals surface area contributed by atoms with E-state index in [0.717, 1.165) is 12.2 Å². The summed E-state index contributed by atoms with van der Waals surface area (Å²) in [5.41, 5.74) is 10.3. The van der Waals surface area contributed by atoms with Crippen LogP contribution in [-0.2, 0) is 5.41 Å². The summed E-state index contributed by atoms with van der Waals surface area (Å²) in [4.78, 5) is 0. The Morgan fingerprint density at radius 1 is 1.38 bits per heavy atom. The number of hydrogen-bond donors (Lipinski definition) is 2. The lowest BCUT2D eigenvalue weighted by Crippen LogP contribution is -2.39. The third-order valence-electron chi connectivity index (χ3n) is 4.16. The first-order valence-electron chi connectivity index (χ1n) is 6.26. The zero-order chi connectivity index (χ0) is 11.3. The van der Waals surface area contributed by atoms with Gasteiger partial charge in [0.05, 0.1) is 0 Å². The molecule has 3 rings (SSSR count). The fourth-order valence-electron chi connectivity index (χ4n) is 3.01. The summed E-state index contributed by atoms with van der Waals surface area (Å²) in [5, 5.41) is 3.71. The van der Waals surface area contributed by atoms with Gasteiger partial charge in [0.2, 0.25) is 0 Å². The van der Waals surface area contributed by atoms with Crippen LogP contribution in [0.4, 0.5) is 5.69 Å². The SMILES string of the molecule is CC(C)C1NCC2(CC2)c2cc(N)ccc21. The predicted octanol–water partition coefficient (Wildman–Crippen LogP) is 2.60. The molecule has 1 aromatic carbocycles. The zero-order valence-electron chi connectivity index (χ0n) is 10.1. The average molecular weight is 216 g/mol. The molecule has 2 heteroatoms. The van der Waals surface area contributed by atoms with Crippen molar-refractivity contribution in [2.24, 2.45) is 5.92 Å². The van der Waals surface area contributed by atoms with Crippen molar-refractivity contribution in [1.82, 2.24) is 5.32 Å². The molecule has 1 heterocycles. The van der Waals surface area contributed by atoms with Crippen LogP contribution in [0.15, 0.2) is 18.2 Å². The highest BCUT2D eigenvalue weighted by Gasteiger charge is 2.48. The van der Waals surface area contributed by atoms with Gasteiger partial charge >= 0.3 is 0 Å². The molecule has 1 fully saturated rings. The molecule has 3 N–H and O–H groups in total. The van der Waals surface area contributed by atoms with Gasteiger partial charge in [-0.3, -0.25) is 0 Å². The molecule has 1 saturated carbocycles. The number of anilines is 1. The van der Waals surface area contributed by atoms with Crippen LogP contribution in [0.3, 0.4) is 0 Å². The minimum atomic E-state index is 0.427. The molecule has 2 nitrogen and oxygen atoms in total. The standard InChI is InChI=1S/C14H20N2/c1-9(2)13-11-4-3-10(15)7-12(11)14(5-6-14)8-16-13/h3-4,7,9,13,16H,5-6,8,15H2,1-2H3. The largest absolute Gasteiger partial charge is 0.399 e. The molecule has 1 unspecified atom stereocenters. The number of benzene rings is 1. The lowest BCUT2D eigenvalue weighted by atomic mass is 9.80. The number of rotatable bonds is 1. The molecule has 1 spiro atoms. The predicted molar refractivity (Wildman–Crippen MR) is 67.3 cm³/mol. The van der Waals surface area contributed by atoms with Crippen molar-refractivity contribution in [2.45, 2.75) is 38.1 Å². The number of hydrogen-bond acceptors (Lipinski definition) is 2. The van der Waals surface area contributed by atoms with E-state index < -0.39 is 0 Å². The van der Waals surface area contributed by atoms with Crippen molar-refractivity contribution in [3.05, 3.63) is 29.3 Å². The number of fused-ring (bicyclic) bond motifs is 2. The van der Waals surface area contributed by atoms with E-state index in [2.05, 4.69) is 31.3 Å². The molecule has 0 radical (unpaired) electrons. The summed E-state index contributed by atoms with van der Waals surface area (Å²) < 4.78 is 0. The Morgan fingerprint density at radius 2 is 2.12 bits per heavy atom. The van der Waals surface area contributed by atoms with Gasteiger partial charge in [-0.2, -0.15) is 0 Å². The summed E-state index contributed by atoms with van der Waals surface area (Å²) in [6, 6.07) is 6.97. The molecule has 1 aromatic rings. The highest BCUT2D eigenvalue weighted by molar-refractivity contribution is 5.52. The third kappa shape index (κ3) is 1.36. The molecule has 0 saturated heterocycles. The van der Waals surface area contributed by atoms with Crippen LogP contribution in [0, 0.1) is 5.92 Å². The molecule has 1 aliphatic heterocycles. The first-order valence-corrected chi connectivity index (χ1v) is 6.26. The molecule has 16 heavy (non-hydrogen) atoms. The van der Waals surface area contributed by atoms with Gasteiger partial charge in [0, 0.05) is 23.7 Å². The van der Waals surface area contributed by atoms with Crippen LogP contribution in [0.25, 0.3) is 0 Å². The van der Waals surface area contributed by atoms with Crippen LogP contribution in [0.5, 0.6) is 0 Å². The van der Waals surface area contributed by atoms with E-state index in [9.17, 15) is 0 Å². The van der Waals surface area contributed by atoms with Gasteiger partial charge in [-0.15, -0.1) is 0 Å². The molecule has 0 amide bonds. The molecular formula is C14H20N2. The Labute approximate surface area is 97.2 Å². The zero-order valence-corrected chi connectivity index (χ0v) is 10.1. The molecule has 0 bridgehead atoms. The van der Waals surface area contributed by atoms with E-state index >= 15 is 0 Å². The van der Waals surface area contributed by atoms with Crippen LogP contribution in [0.1, 0.15) is 43.9 Å². The van der Waals surface area contributed by atoms with Crippen molar-refractivity contribution < 1.29 is 0 Å². The Hall–Kier alpha value is -1.02. The van der Waals surface area contributed by atoms with Gasteiger partial charge < -0.3 is 11.1 Å². The Morgan fingerprint density at radius 3 is 2.75 bits per heavy atom. The fraction of sp³-hybridized carbons (Fsp3) is 0.571. The minimum absolute atomic E-state index is 0.427. The van der Waals surface area contributed by atoms with Crippen LogP contribution >= 0.6 is 0 Å². The molecule has 0 aromatic heterocycles. The van der Waals surface area contributed by atoms with E-state index in [4.69, 9.17) is 5.73 Å². The van der Waals surface area contributed by atoms with Crippen LogP contribution < -0.4 is 11.1 Å². The van der Waals surface area contributed by atoms with E-state index in [1.807, 2.05) is 6.07 Å². The number of nitrogens with one attached hydrogen (secondary N) is 1. The van der Waals surface area contributed by atoms with Crippen molar-refractivity contribution >= 4 is 5.69 Å². The maximum Gasteiger partial charge on any atom is 0.0346 e. The van der Waals surface area contributed by atoms with E-state index in [-0.39, 0.29) is 0 Å². The summed E-state index contributed by atoms with van der Waals surface area (Å²) in [6.07, 6.45) is 2.64. The number of nitrogens with two attached hydrogens (primary N) is 1. The highest BCUT2D eigenvalue weighted by Crippen LogP contribution is 2.53. The monoisotopic (exact) mass is 216 g/mol. The fourth-order valence-corrected chi connectivity index (χ4v) is 3.01. The second-order valence-corrected chi connectivity index (χ2v) is 5.73. The van der Waals surface area contributed by atoms with Gasteiger partial charge in [0.1, 0.15) is 0 Å². The van der Waals surface area contributed by atoms with Crippen LogP contribution in [0.2, 0.25) is 0 Å². The van der Waals surface area contributed by atoms with Crippen molar-refractivity contribution in [3.8, 4) is 0 Å². The van der Waals surface area contributed by atoms with Crippen molar-refractivity contribution in [1.29, 1.82) is 0 Å². The van der Waals surface area contributed by atoms with Gasteiger partial charge in [-0.25, -0.2) is 0 Å². The first kappa shape index (κ1) is 10.2. The Kier molecular flexibility index (Phi) is 2.05. The molecule has 1 aliphatic carbocycles. The second kappa shape index (κ2) is 3.24. The van der Waals surface area contributed by atoms with Gasteiger partial charge in [-0.05, 0) is 42.0 Å². The lowest BCUT2D eigenvalue weighted by Gasteiger charge is -2.35. The van der Waals surface area contributed by atoms with E-state index in [1.54, 1.807) is 0 Å². The summed E-state index contributed by atoms with van der Waals surface area (Å²) >= 11 is 0. The van der Waals surface area contributed by atoms with E-state index in [0.29, 0.717) is 17.4 Å². The quantitative estimate of drug-likeness (QED) is 0.708. The van der Waals surface area contributed by atoms with Crippen molar-refractivity contribution in [3.63, 3.8) is 0 Å². The van der Waals surface area contributed by atoms with E-state index in [1.165, 1.54) is 24.0 Å². The maximum atomic E-state index is 5.93. The Bertz CT molecular complexity index is 419. The van der Waals surface area contributed by atoms with Gasteiger partial charge in [-0.1, -0.05) is 19.9 Å². The molecule has 86 valence electrons. The summed E-state index contributed by atoms with van der Waals surface area (Å²) in [7, 11) is 0. The second-order valence-electron chi connectivity index (χ2n) is 5.73. The molecule has 1 atom stereocenters. The minimum Gasteiger partial charge on any atom is -0.399 e. The number of nitrogen functional groups attached to an aromatic ring is 1. The summed E-state index contributed by atoms with van der Waals surface area (Å²) in [6.45, 7) is 5.69.